The van der Waals surface area contributed by atoms with Crippen LogP contribution in [0.3, 0.4) is 0 Å². The van der Waals surface area contributed by atoms with Gasteiger partial charge in [0.15, 0.2) is 0 Å². The van der Waals surface area contributed by atoms with Crippen LogP contribution >= 0.6 is 11.3 Å². The van der Waals surface area contributed by atoms with Crippen molar-refractivity contribution in [1.29, 1.82) is 0 Å². The number of thiazole rings is 1. The molecule has 0 saturated heterocycles. The molecular formula is C10H15N5S. The van der Waals surface area contributed by atoms with E-state index in [2.05, 4.69) is 34.2 Å². The lowest BCUT2D eigenvalue weighted by molar-refractivity contribution is 0.389. The van der Waals surface area contributed by atoms with Crippen molar-refractivity contribution in [2.75, 3.05) is 0 Å². The predicted molar refractivity (Wildman–Crippen MR) is 63.0 cm³/mol. The Bertz CT molecular complexity index is 445. The molecule has 1 N–H and O–H groups in total. The molecule has 0 saturated carbocycles. The first kappa shape index (κ1) is 11.2. The highest BCUT2D eigenvalue weighted by Crippen LogP contribution is 2.22. The topological polar surface area (TPSA) is 55.6 Å². The molecule has 5 nitrogen and oxygen atoms in total. The zero-order valence-corrected chi connectivity index (χ0v) is 10.5. The summed E-state index contributed by atoms with van der Waals surface area (Å²) in [5.74, 6) is 0.921. The van der Waals surface area contributed by atoms with Crippen molar-refractivity contribution in [3.05, 3.63) is 28.7 Å². The van der Waals surface area contributed by atoms with E-state index in [1.54, 1.807) is 22.3 Å². The van der Waals surface area contributed by atoms with Gasteiger partial charge in [-0.05, 0) is 13.8 Å². The number of aryl methyl sites for hydroxylation is 1. The van der Waals surface area contributed by atoms with Crippen molar-refractivity contribution in [3.63, 3.8) is 0 Å². The highest BCUT2D eigenvalue weighted by atomic mass is 32.1. The van der Waals surface area contributed by atoms with Gasteiger partial charge in [-0.1, -0.05) is 0 Å². The van der Waals surface area contributed by atoms with Crippen LogP contribution in [0.1, 0.15) is 24.7 Å². The van der Waals surface area contributed by atoms with Gasteiger partial charge in [-0.15, -0.1) is 11.3 Å². The maximum atomic E-state index is 4.32. The number of hydrogen-bond acceptors (Lipinski definition) is 5. The van der Waals surface area contributed by atoms with Crippen molar-refractivity contribution in [1.82, 2.24) is 25.1 Å². The average molecular weight is 237 g/mol. The summed E-state index contributed by atoms with van der Waals surface area (Å²) in [6, 6.07) is 0. The summed E-state index contributed by atoms with van der Waals surface area (Å²) < 4.78 is 1.77. The van der Waals surface area contributed by atoms with E-state index in [-0.39, 0.29) is 5.54 Å². The van der Waals surface area contributed by atoms with Gasteiger partial charge in [-0.2, -0.15) is 5.10 Å². The zero-order valence-electron chi connectivity index (χ0n) is 9.64. The quantitative estimate of drug-likeness (QED) is 0.870. The molecule has 0 radical (unpaired) electrons. The van der Waals surface area contributed by atoms with Crippen molar-refractivity contribution in [3.8, 4) is 0 Å². The first-order valence-electron chi connectivity index (χ1n) is 5.07. The molecule has 2 aromatic rings. The van der Waals surface area contributed by atoms with Crippen LogP contribution in [0.2, 0.25) is 0 Å². The van der Waals surface area contributed by atoms with Crippen LogP contribution in [0.5, 0.6) is 0 Å². The minimum Gasteiger partial charge on any atom is -0.299 e. The molecule has 2 heterocycles. The van der Waals surface area contributed by atoms with E-state index in [1.165, 1.54) is 0 Å². The number of aromatic nitrogens is 4. The van der Waals surface area contributed by atoms with E-state index in [1.807, 2.05) is 18.6 Å². The Hall–Kier alpha value is -1.27. The monoisotopic (exact) mass is 237 g/mol. The summed E-state index contributed by atoms with van der Waals surface area (Å²) in [7, 11) is 1.89. The Kier molecular flexibility index (Phi) is 3.02. The molecule has 86 valence electrons. The van der Waals surface area contributed by atoms with Gasteiger partial charge in [-0.3, -0.25) is 10.00 Å². The minimum absolute atomic E-state index is 0.139. The minimum atomic E-state index is -0.139. The Morgan fingerprint density at radius 3 is 2.81 bits per heavy atom. The molecule has 0 unspecified atom stereocenters. The Labute approximate surface area is 98.5 Å². The van der Waals surface area contributed by atoms with Crippen LogP contribution < -0.4 is 5.32 Å². The number of rotatable bonds is 4. The Morgan fingerprint density at radius 2 is 2.25 bits per heavy atom. The number of nitrogens with zero attached hydrogens (tertiary/aromatic N) is 4. The molecule has 2 rings (SSSR count). The predicted octanol–water partition coefficient (Wildman–Crippen LogP) is 1.30. The second-order valence-corrected chi connectivity index (χ2v) is 5.01. The molecule has 0 fully saturated rings. The van der Waals surface area contributed by atoms with E-state index < -0.39 is 0 Å². The molecular weight excluding hydrogens is 222 g/mol. The van der Waals surface area contributed by atoms with Crippen LogP contribution in [-0.4, -0.2) is 19.7 Å². The molecule has 0 aliphatic rings. The maximum absolute atomic E-state index is 4.32. The van der Waals surface area contributed by atoms with Gasteiger partial charge in [0.05, 0.1) is 12.1 Å². The zero-order chi connectivity index (χ0) is 11.6. The van der Waals surface area contributed by atoms with Crippen LogP contribution in [0.15, 0.2) is 17.9 Å². The first-order valence-corrected chi connectivity index (χ1v) is 5.95. The van der Waals surface area contributed by atoms with Gasteiger partial charge in [0.25, 0.3) is 0 Å². The standard InChI is InChI=1S/C10H15N5S/c1-10(2,9-11-4-5-16-9)13-6-8-12-7-14-15(8)3/h4-5,7,13H,6H2,1-3H3. The fraction of sp³-hybridized carbons (Fsp3) is 0.500. The van der Waals surface area contributed by atoms with E-state index in [0.29, 0.717) is 6.54 Å². The number of hydrogen-bond donors (Lipinski definition) is 1. The SMILES string of the molecule is Cn1ncnc1CNC(C)(C)c1nccs1. The van der Waals surface area contributed by atoms with E-state index in [4.69, 9.17) is 0 Å². The second kappa shape index (κ2) is 4.31. The van der Waals surface area contributed by atoms with Crippen LogP contribution in [0, 0.1) is 0 Å². The molecule has 0 amide bonds. The molecule has 16 heavy (non-hydrogen) atoms. The normalized spacial score (nSPS) is 11.9. The summed E-state index contributed by atoms with van der Waals surface area (Å²) in [4.78, 5) is 8.50. The molecule has 0 aromatic carbocycles. The van der Waals surface area contributed by atoms with Crippen molar-refractivity contribution < 1.29 is 0 Å². The molecule has 0 aliphatic carbocycles. The average Bonchev–Trinajstić information content (AvgIpc) is 2.85. The van der Waals surface area contributed by atoms with Crippen LogP contribution in [0.4, 0.5) is 0 Å². The smallest absolute Gasteiger partial charge is 0.140 e. The van der Waals surface area contributed by atoms with E-state index in [9.17, 15) is 0 Å². The van der Waals surface area contributed by atoms with E-state index in [0.717, 1.165) is 10.8 Å². The third-order valence-electron chi connectivity index (χ3n) is 2.46. The third-order valence-corrected chi connectivity index (χ3v) is 3.56. The summed E-state index contributed by atoms with van der Waals surface area (Å²) in [5, 5.41) is 10.5. The molecule has 6 heteroatoms. The summed E-state index contributed by atoms with van der Waals surface area (Å²) in [5.41, 5.74) is -0.139. The second-order valence-electron chi connectivity index (χ2n) is 4.12. The molecule has 0 spiro atoms. The fourth-order valence-corrected chi connectivity index (χ4v) is 2.13. The molecule has 2 aromatic heterocycles. The van der Waals surface area contributed by atoms with Gasteiger partial charge in [0.2, 0.25) is 0 Å². The lowest BCUT2D eigenvalue weighted by Gasteiger charge is -2.23. The summed E-state index contributed by atoms with van der Waals surface area (Å²) >= 11 is 1.65. The van der Waals surface area contributed by atoms with Crippen LogP contribution in [0.25, 0.3) is 0 Å². The van der Waals surface area contributed by atoms with E-state index >= 15 is 0 Å². The fourth-order valence-electron chi connectivity index (χ4n) is 1.39. The van der Waals surface area contributed by atoms with Crippen LogP contribution in [-0.2, 0) is 19.1 Å². The Morgan fingerprint density at radius 1 is 1.44 bits per heavy atom. The number of nitrogens with one attached hydrogen (secondary N) is 1. The summed E-state index contributed by atoms with van der Waals surface area (Å²) in [6.07, 6.45) is 3.39. The van der Waals surface area contributed by atoms with Gasteiger partial charge in [-0.25, -0.2) is 9.97 Å². The summed E-state index contributed by atoms with van der Waals surface area (Å²) in [6.45, 7) is 4.91. The van der Waals surface area contributed by atoms with Gasteiger partial charge in [0, 0.05) is 18.6 Å². The highest BCUT2D eigenvalue weighted by Gasteiger charge is 2.22. The van der Waals surface area contributed by atoms with Crippen molar-refractivity contribution in [2.24, 2.45) is 7.05 Å². The largest absolute Gasteiger partial charge is 0.299 e. The van der Waals surface area contributed by atoms with Gasteiger partial charge in [0.1, 0.15) is 17.2 Å². The van der Waals surface area contributed by atoms with Gasteiger partial charge >= 0.3 is 0 Å². The first-order chi connectivity index (χ1) is 7.59. The lowest BCUT2D eigenvalue weighted by Crippen LogP contribution is -2.36. The van der Waals surface area contributed by atoms with Crippen molar-refractivity contribution in [2.45, 2.75) is 25.9 Å². The highest BCUT2D eigenvalue weighted by molar-refractivity contribution is 7.09. The molecule has 0 bridgehead atoms. The maximum Gasteiger partial charge on any atom is 0.140 e. The molecule has 0 atom stereocenters. The Balaban J connectivity index is 2.03. The van der Waals surface area contributed by atoms with Crippen molar-refractivity contribution >= 4 is 11.3 Å². The van der Waals surface area contributed by atoms with Gasteiger partial charge < -0.3 is 0 Å². The molecule has 0 aliphatic heterocycles. The lowest BCUT2D eigenvalue weighted by atomic mass is 10.1. The third kappa shape index (κ3) is 2.28.